The fourth-order valence-electron chi connectivity index (χ4n) is 3.43. The molecule has 1 aromatic rings. The highest BCUT2D eigenvalue weighted by molar-refractivity contribution is 7.13. The number of carbonyl (C=O) groups is 2. The van der Waals surface area contributed by atoms with Crippen LogP contribution in [0.25, 0.3) is 0 Å². The van der Waals surface area contributed by atoms with Gasteiger partial charge in [0.25, 0.3) is 0 Å². The molecule has 0 spiro atoms. The van der Waals surface area contributed by atoms with Crippen LogP contribution < -0.4 is 5.32 Å². The molecule has 2 heterocycles. The Bertz CT molecular complexity index is 648. The summed E-state index contributed by atoms with van der Waals surface area (Å²) in [5.74, 6) is -1.02. The molecule has 1 aromatic heterocycles. The number of amides is 2. The van der Waals surface area contributed by atoms with E-state index in [0.717, 1.165) is 18.2 Å². The smallest absolute Gasteiger partial charge is 0.434 e. The summed E-state index contributed by atoms with van der Waals surface area (Å²) < 4.78 is 37.5. The summed E-state index contributed by atoms with van der Waals surface area (Å²) in [6.07, 6.45) is -2.48. The quantitative estimate of drug-likeness (QED) is 0.860. The monoisotopic (exact) mass is 349 g/mol. The number of thiazole rings is 1. The van der Waals surface area contributed by atoms with Gasteiger partial charge in [0.05, 0.1) is 5.41 Å². The molecule has 3 rings (SSSR count). The summed E-state index contributed by atoms with van der Waals surface area (Å²) in [4.78, 5) is 28.4. The largest absolute Gasteiger partial charge is 0.481 e. The predicted octanol–water partition coefficient (Wildman–Crippen LogP) is 2.88. The van der Waals surface area contributed by atoms with Crippen molar-refractivity contribution in [3.63, 3.8) is 0 Å². The molecule has 0 unspecified atom stereocenters. The molecule has 1 aliphatic carbocycles. The number of likely N-dealkylation sites (tertiary alicyclic amines) is 1. The number of aromatic nitrogens is 1. The molecule has 126 valence electrons. The van der Waals surface area contributed by atoms with Gasteiger partial charge in [-0.05, 0) is 18.8 Å². The van der Waals surface area contributed by atoms with Crippen molar-refractivity contribution in [2.24, 2.45) is 11.3 Å². The molecular formula is C13H14F3N3O3S. The summed E-state index contributed by atoms with van der Waals surface area (Å²) in [6.45, 7) is 0.381. The van der Waals surface area contributed by atoms with Crippen LogP contribution in [0.1, 0.15) is 25.0 Å². The van der Waals surface area contributed by atoms with Crippen molar-refractivity contribution >= 4 is 28.5 Å². The van der Waals surface area contributed by atoms with E-state index in [1.54, 1.807) is 0 Å². The lowest BCUT2D eigenvalue weighted by Gasteiger charge is -2.23. The third-order valence-electron chi connectivity index (χ3n) is 4.59. The molecule has 1 saturated heterocycles. The maximum Gasteiger partial charge on any atom is 0.434 e. The third kappa shape index (κ3) is 2.75. The van der Waals surface area contributed by atoms with Crippen molar-refractivity contribution in [1.29, 1.82) is 0 Å². The maximum absolute atomic E-state index is 12.5. The third-order valence-corrected chi connectivity index (χ3v) is 5.35. The molecule has 2 amide bonds. The van der Waals surface area contributed by atoms with E-state index in [1.807, 2.05) is 0 Å². The van der Waals surface area contributed by atoms with Crippen LogP contribution in [-0.4, -0.2) is 40.1 Å². The highest BCUT2D eigenvalue weighted by Crippen LogP contribution is 2.49. The summed E-state index contributed by atoms with van der Waals surface area (Å²) in [7, 11) is 0. The molecule has 23 heavy (non-hydrogen) atoms. The van der Waals surface area contributed by atoms with Crippen molar-refractivity contribution in [2.75, 3.05) is 18.4 Å². The topological polar surface area (TPSA) is 82.5 Å². The summed E-state index contributed by atoms with van der Waals surface area (Å²) in [5.41, 5.74) is -1.98. The second-order valence-electron chi connectivity index (χ2n) is 5.90. The number of halogens is 3. The molecule has 2 atom stereocenters. The molecule has 2 aliphatic rings. The number of anilines is 1. The second-order valence-corrected chi connectivity index (χ2v) is 6.75. The van der Waals surface area contributed by atoms with Crippen LogP contribution in [0.5, 0.6) is 0 Å². The molecule has 10 heteroatoms. The van der Waals surface area contributed by atoms with Gasteiger partial charge in [-0.15, -0.1) is 11.3 Å². The Morgan fingerprint density at radius 1 is 1.48 bits per heavy atom. The lowest BCUT2D eigenvalue weighted by Crippen LogP contribution is -2.38. The van der Waals surface area contributed by atoms with Gasteiger partial charge in [0.2, 0.25) is 0 Å². The molecule has 2 N–H and O–H groups in total. The van der Waals surface area contributed by atoms with Gasteiger partial charge < -0.3 is 10.0 Å². The van der Waals surface area contributed by atoms with Crippen LogP contribution in [-0.2, 0) is 11.0 Å². The molecule has 6 nitrogen and oxygen atoms in total. The molecule has 0 bridgehead atoms. The minimum Gasteiger partial charge on any atom is -0.481 e. The Morgan fingerprint density at radius 3 is 2.78 bits per heavy atom. The van der Waals surface area contributed by atoms with Gasteiger partial charge in [-0.3, -0.25) is 10.1 Å². The van der Waals surface area contributed by atoms with E-state index in [9.17, 15) is 27.9 Å². The Balaban J connectivity index is 1.68. The van der Waals surface area contributed by atoms with E-state index in [-0.39, 0.29) is 17.6 Å². The van der Waals surface area contributed by atoms with Crippen LogP contribution >= 0.6 is 11.3 Å². The first kappa shape index (κ1) is 16.0. The Hall–Kier alpha value is -1.84. The molecule has 1 saturated carbocycles. The van der Waals surface area contributed by atoms with E-state index >= 15 is 0 Å². The minimum absolute atomic E-state index is 0.0797. The zero-order chi connectivity index (χ0) is 16.8. The van der Waals surface area contributed by atoms with Crippen molar-refractivity contribution in [1.82, 2.24) is 9.88 Å². The number of aliphatic carboxylic acids is 1. The first-order valence-electron chi connectivity index (χ1n) is 7.04. The Morgan fingerprint density at radius 2 is 2.22 bits per heavy atom. The van der Waals surface area contributed by atoms with Gasteiger partial charge in [-0.25, -0.2) is 9.78 Å². The highest BCUT2D eigenvalue weighted by Gasteiger charge is 2.55. The number of carboxylic acids is 1. The second kappa shape index (κ2) is 5.36. The number of rotatable bonds is 2. The normalized spacial score (nSPS) is 27.1. The number of fused-ring (bicyclic) bond motifs is 1. The average molecular weight is 349 g/mol. The van der Waals surface area contributed by atoms with E-state index in [4.69, 9.17) is 0 Å². The van der Waals surface area contributed by atoms with Crippen molar-refractivity contribution in [2.45, 2.75) is 25.4 Å². The van der Waals surface area contributed by atoms with E-state index in [1.165, 1.54) is 4.90 Å². The van der Waals surface area contributed by atoms with Crippen LogP contribution in [0.15, 0.2) is 5.38 Å². The van der Waals surface area contributed by atoms with E-state index in [2.05, 4.69) is 10.3 Å². The zero-order valence-electron chi connectivity index (χ0n) is 11.9. The van der Waals surface area contributed by atoms with Crippen molar-refractivity contribution in [3.05, 3.63) is 11.1 Å². The number of alkyl halides is 3. The van der Waals surface area contributed by atoms with Gasteiger partial charge in [-0.1, -0.05) is 6.42 Å². The molecular weight excluding hydrogens is 335 g/mol. The summed E-state index contributed by atoms with van der Waals surface area (Å²) in [5, 5.41) is 12.5. The first-order chi connectivity index (χ1) is 10.7. The van der Waals surface area contributed by atoms with Crippen LogP contribution in [0.4, 0.5) is 23.1 Å². The fourth-order valence-corrected chi connectivity index (χ4v) is 4.13. The molecule has 0 radical (unpaired) electrons. The standard InChI is InChI=1S/C13H14F3N3O3S/c14-13(15,16)8-5-23-10(17-8)18-11(22)19-4-7-2-1-3-12(7,6-19)9(20)21/h5,7H,1-4,6H2,(H,20,21)(H,17,18,22)/t7-,12+/m0/s1. The van der Waals surface area contributed by atoms with Crippen molar-refractivity contribution < 1.29 is 27.9 Å². The number of hydrogen-bond donors (Lipinski definition) is 2. The van der Waals surface area contributed by atoms with E-state index in [0.29, 0.717) is 24.3 Å². The summed E-state index contributed by atoms with van der Waals surface area (Å²) in [6, 6.07) is -0.608. The predicted molar refractivity (Wildman–Crippen MR) is 75.1 cm³/mol. The number of hydrogen-bond acceptors (Lipinski definition) is 4. The van der Waals surface area contributed by atoms with Crippen LogP contribution in [0.3, 0.4) is 0 Å². The minimum atomic E-state index is -4.56. The van der Waals surface area contributed by atoms with Gasteiger partial charge in [0.15, 0.2) is 10.8 Å². The number of nitrogens with one attached hydrogen (secondary N) is 1. The number of nitrogens with zero attached hydrogens (tertiary/aromatic N) is 2. The lowest BCUT2D eigenvalue weighted by atomic mass is 9.81. The number of urea groups is 1. The fraction of sp³-hybridized carbons (Fsp3) is 0.615. The number of carbonyl (C=O) groups excluding carboxylic acids is 1. The first-order valence-corrected chi connectivity index (χ1v) is 7.92. The molecule has 1 aliphatic heterocycles. The summed E-state index contributed by atoms with van der Waals surface area (Å²) >= 11 is 0.684. The molecule has 0 aromatic carbocycles. The highest BCUT2D eigenvalue weighted by atomic mass is 32.1. The van der Waals surface area contributed by atoms with E-state index < -0.39 is 29.3 Å². The maximum atomic E-state index is 12.5. The number of carboxylic acid groups (broad SMARTS) is 1. The van der Waals surface area contributed by atoms with Gasteiger partial charge >= 0.3 is 18.2 Å². The Labute approximate surface area is 133 Å². The zero-order valence-corrected chi connectivity index (χ0v) is 12.7. The Kier molecular flexibility index (Phi) is 3.74. The average Bonchev–Trinajstić information content (AvgIpc) is 3.09. The van der Waals surface area contributed by atoms with Crippen LogP contribution in [0.2, 0.25) is 0 Å². The SMILES string of the molecule is O=C(Nc1nc(C(F)(F)F)cs1)N1C[C@@H]2CCC[C@@]2(C(=O)O)C1. The molecule has 2 fully saturated rings. The lowest BCUT2D eigenvalue weighted by molar-refractivity contribution is -0.149. The van der Waals surface area contributed by atoms with Crippen LogP contribution in [0, 0.1) is 11.3 Å². The van der Waals surface area contributed by atoms with Crippen molar-refractivity contribution in [3.8, 4) is 0 Å². The van der Waals surface area contributed by atoms with Gasteiger partial charge in [-0.2, -0.15) is 13.2 Å². The van der Waals surface area contributed by atoms with Gasteiger partial charge in [0, 0.05) is 18.5 Å². The van der Waals surface area contributed by atoms with Gasteiger partial charge in [0.1, 0.15) is 0 Å².